The van der Waals surface area contributed by atoms with Crippen LogP contribution in [-0.2, 0) is 5.54 Å². The van der Waals surface area contributed by atoms with Gasteiger partial charge in [0, 0.05) is 37.5 Å². The number of halogens is 1. The Bertz CT molecular complexity index is 1060. The zero-order chi connectivity index (χ0) is 20.2. The van der Waals surface area contributed by atoms with E-state index in [9.17, 15) is 4.79 Å². The van der Waals surface area contributed by atoms with Crippen molar-refractivity contribution >= 4 is 23.3 Å². The third-order valence-electron chi connectivity index (χ3n) is 5.85. The van der Waals surface area contributed by atoms with Gasteiger partial charge in [0.15, 0.2) is 0 Å². The van der Waals surface area contributed by atoms with Crippen molar-refractivity contribution in [3.63, 3.8) is 0 Å². The minimum absolute atomic E-state index is 0.169. The maximum absolute atomic E-state index is 13.3. The third-order valence-corrected chi connectivity index (χ3v) is 6.17. The van der Waals surface area contributed by atoms with Crippen molar-refractivity contribution < 1.29 is 9.21 Å². The molecule has 1 aliphatic heterocycles. The minimum Gasteiger partial charge on any atom is -0.423 e. The van der Waals surface area contributed by atoms with Crippen molar-refractivity contribution in [2.45, 2.75) is 44.7 Å². The monoisotopic (exact) mass is 412 g/mol. The highest BCUT2D eigenvalue weighted by atomic mass is 35.5. The number of carbonyl (C=O) groups is 1. The van der Waals surface area contributed by atoms with Gasteiger partial charge in [-0.3, -0.25) is 0 Å². The number of nitrogens with zero attached hydrogens (tertiary/aromatic N) is 5. The maximum atomic E-state index is 13.3. The number of hydrogen-bond donors (Lipinski definition) is 1. The van der Waals surface area contributed by atoms with Crippen LogP contribution in [0.15, 0.2) is 41.1 Å². The number of likely N-dealkylation sites (tertiary alicyclic amines) is 1. The van der Waals surface area contributed by atoms with Crippen molar-refractivity contribution in [3.05, 3.63) is 53.5 Å². The molecule has 1 saturated heterocycles. The van der Waals surface area contributed by atoms with E-state index in [1.54, 1.807) is 36.1 Å². The molecule has 150 valence electrons. The number of benzene rings is 1. The van der Waals surface area contributed by atoms with Gasteiger partial charge in [0.1, 0.15) is 5.54 Å². The molecule has 1 N–H and O–H groups in total. The van der Waals surface area contributed by atoms with Gasteiger partial charge in [-0.15, -0.1) is 10.2 Å². The molecule has 5 rings (SSSR count). The number of anilines is 1. The Morgan fingerprint density at radius 3 is 2.93 bits per heavy atom. The predicted octanol–water partition coefficient (Wildman–Crippen LogP) is 4.15. The molecule has 2 aromatic heterocycles. The number of rotatable bonds is 3. The van der Waals surface area contributed by atoms with Gasteiger partial charge < -0.3 is 14.6 Å². The number of piperidine rings is 1. The first-order valence-corrected chi connectivity index (χ1v) is 10.0. The van der Waals surface area contributed by atoms with Gasteiger partial charge in [0.25, 0.3) is 0 Å². The average Bonchev–Trinajstić information content (AvgIpc) is 3.34. The highest BCUT2D eigenvalue weighted by molar-refractivity contribution is 6.32. The first-order chi connectivity index (χ1) is 14.0. The van der Waals surface area contributed by atoms with Gasteiger partial charge in [-0.05, 0) is 43.0 Å². The Hall–Kier alpha value is -2.87. The molecule has 3 heterocycles. The number of amides is 2. The summed E-state index contributed by atoms with van der Waals surface area (Å²) in [7, 11) is 0. The molecule has 9 heteroatoms. The number of nitrogens with one attached hydrogen (secondary N) is 1. The third kappa shape index (κ3) is 2.90. The lowest BCUT2D eigenvalue weighted by Gasteiger charge is -2.61. The summed E-state index contributed by atoms with van der Waals surface area (Å²) in [6.07, 6.45) is 6.13. The van der Waals surface area contributed by atoms with Crippen LogP contribution in [0.2, 0.25) is 5.02 Å². The first kappa shape index (κ1) is 18.2. The fourth-order valence-corrected chi connectivity index (χ4v) is 5.00. The van der Waals surface area contributed by atoms with E-state index in [0.29, 0.717) is 34.1 Å². The molecule has 0 spiro atoms. The van der Waals surface area contributed by atoms with Gasteiger partial charge in [0.2, 0.25) is 11.8 Å². The van der Waals surface area contributed by atoms with Crippen LogP contribution >= 0.6 is 11.6 Å². The number of aryl methyl sites for hydroxylation is 1. The maximum Gasteiger partial charge on any atom is 0.323 e. The van der Waals surface area contributed by atoms with E-state index in [-0.39, 0.29) is 12.1 Å². The molecule has 2 fully saturated rings. The smallest absolute Gasteiger partial charge is 0.323 e. The largest absolute Gasteiger partial charge is 0.423 e. The summed E-state index contributed by atoms with van der Waals surface area (Å²) in [4.78, 5) is 15.1. The molecule has 3 atom stereocenters. The zero-order valence-corrected chi connectivity index (χ0v) is 16.9. The average molecular weight is 413 g/mol. The summed E-state index contributed by atoms with van der Waals surface area (Å²) in [6, 6.07) is 7.18. The lowest BCUT2D eigenvalue weighted by molar-refractivity contribution is -0.110. The van der Waals surface area contributed by atoms with Crippen LogP contribution in [0.4, 0.5) is 10.5 Å². The van der Waals surface area contributed by atoms with E-state index in [1.165, 1.54) is 0 Å². The van der Waals surface area contributed by atoms with Gasteiger partial charge in [-0.25, -0.2) is 9.48 Å². The second-order valence-electron chi connectivity index (χ2n) is 7.98. The van der Waals surface area contributed by atoms with Crippen molar-refractivity contribution in [3.8, 4) is 5.69 Å². The standard InChI is InChI=1S/C20H21ClN6O2/c1-12-8-15-11-20(10-12,18-25-24-13(2)29-18)27(15)19(28)23-14-4-5-16(21)17(9-14)26-7-3-6-22-26/h3-7,9,12,15H,8,10-11H2,1-2H3,(H,23,28). The lowest BCUT2D eigenvalue weighted by Crippen LogP contribution is -2.70. The van der Waals surface area contributed by atoms with E-state index < -0.39 is 5.54 Å². The second kappa shape index (κ2) is 6.59. The SMILES string of the molecule is Cc1nnc(C23CC(C)CC(C2)N3C(=O)Nc2ccc(Cl)c(-n3cccn3)c2)o1. The molecule has 1 aromatic carbocycles. The number of aromatic nitrogens is 4. The van der Waals surface area contributed by atoms with Crippen LogP contribution in [0.25, 0.3) is 5.69 Å². The normalized spacial score (nSPS) is 25.6. The van der Waals surface area contributed by atoms with E-state index in [4.69, 9.17) is 16.0 Å². The predicted molar refractivity (Wildman–Crippen MR) is 107 cm³/mol. The fourth-order valence-electron chi connectivity index (χ4n) is 4.79. The van der Waals surface area contributed by atoms with Crippen LogP contribution in [0, 0.1) is 12.8 Å². The van der Waals surface area contributed by atoms with E-state index in [1.807, 2.05) is 17.0 Å². The van der Waals surface area contributed by atoms with E-state index in [0.717, 1.165) is 19.3 Å². The summed E-state index contributed by atoms with van der Waals surface area (Å²) >= 11 is 6.31. The molecule has 3 unspecified atom stereocenters. The molecule has 2 aliphatic rings. The Kier molecular flexibility index (Phi) is 4.13. The Morgan fingerprint density at radius 1 is 1.34 bits per heavy atom. The van der Waals surface area contributed by atoms with Crippen LogP contribution in [0.1, 0.15) is 38.0 Å². The van der Waals surface area contributed by atoms with Crippen LogP contribution in [0.3, 0.4) is 0 Å². The lowest BCUT2D eigenvalue weighted by atomic mass is 9.64. The fraction of sp³-hybridized carbons (Fsp3) is 0.400. The Labute approximate surface area is 172 Å². The highest BCUT2D eigenvalue weighted by Crippen LogP contribution is 2.55. The second-order valence-corrected chi connectivity index (χ2v) is 8.38. The van der Waals surface area contributed by atoms with Gasteiger partial charge >= 0.3 is 6.03 Å². The van der Waals surface area contributed by atoms with Crippen LogP contribution in [-0.4, -0.2) is 37.0 Å². The van der Waals surface area contributed by atoms with Crippen molar-refractivity contribution in [2.75, 3.05) is 5.32 Å². The van der Waals surface area contributed by atoms with Gasteiger partial charge in [-0.1, -0.05) is 18.5 Å². The molecular formula is C20H21ClN6O2. The summed E-state index contributed by atoms with van der Waals surface area (Å²) in [5, 5.41) is 16.0. The molecule has 2 amide bonds. The van der Waals surface area contributed by atoms with Crippen molar-refractivity contribution in [2.24, 2.45) is 5.92 Å². The molecule has 29 heavy (non-hydrogen) atoms. The molecule has 2 bridgehead atoms. The number of carbonyl (C=O) groups excluding carboxylic acids is 1. The van der Waals surface area contributed by atoms with Gasteiger partial charge in [-0.2, -0.15) is 5.10 Å². The summed E-state index contributed by atoms with van der Waals surface area (Å²) in [6.45, 7) is 3.97. The molecule has 1 aliphatic carbocycles. The Morgan fingerprint density at radius 2 is 2.21 bits per heavy atom. The highest BCUT2D eigenvalue weighted by Gasteiger charge is 2.62. The Balaban J connectivity index is 1.43. The quantitative estimate of drug-likeness (QED) is 0.698. The number of hydrogen-bond acceptors (Lipinski definition) is 5. The number of urea groups is 1. The minimum atomic E-state index is -0.523. The number of fused-ring (bicyclic) bond motifs is 2. The molecule has 0 radical (unpaired) electrons. The first-order valence-electron chi connectivity index (χ1n) is 9.67. The molecule has 8 nitrogen and oxygen atoms in total. The summed E-state index contributed by atoms with van der Waals surface area (Å²) in [5.74, 6) is 1.53. The molecule has 1 saturated carbocycles. The molecular weight excluding hydrogens is 392 g/mol. The van der Waals surface area contributed by atoms with Crippen molar-refractivity contribution in [1.82, 2.24) is 24.9 Å². The van der Waals surface area contributed by atoms with E-state index in [2.05, 4.69) is 27.5 Å². The summed E-state index contributed by atoms with van der Waals surface area (Å²) < 4.78 is 7.42. The van der Waals surface area contributed by atoms with E-state index >= 15 is 0 Å². The topological polar surface area (TPSA) is 89.1 Å². The van der Waals surface area contributed by atoms with Crippen LogP contribution < -0.4 is 5.32 Å². The summed E-state index contributed by atoms with van der Waals surface area (Å²) in [5.41, 5.74) is 0.833. The molecule has 3 aromatic rings. The zero-order valence-electron chi connectivity index (χ0n) is 16.2. The van der Waals surface area contributed by atoms with Gasteiger partial charge in [0.05, 0.1) is 10.7 Å². The van der Waals surface area contributed by atoms with Crippen molar-refractivity contribution in [1.29, 1.82) is 0 Å². The van der Waals surface area contributed by atoms with Crippen LogP contribution in [0.5, 0.6) is 0 Å².